The highest BCUT2D eigenvalue weighted by atomic mass is 16.5. The van der Waals surface area contributed by atoms with Gasteiger partial charge in [-0.15, -0.1) is 0 Å². The molecular weight excluding hydrogens is 352 g/mol. The largest absolute Gasteiger partial charge is 0.373 e. The molecule has 1 atom stereocenters. The first-order valence-electron chi connectivity index (χ1n) is 10.5. The number of fused-ring (bicyclic) bond motifs is 3. The van der Waals surface area contributed by atoms with E-state index in [0.717, 1.165) is 72.8 Å². The fourth-order valence-electron chi connectivity index (χ4n) is 5.03. The average molecular weight is 380 g/mol. The van der Waals surface area contributed by atoms with E-state index in [-0.39, 0.29) is 17.1 Å². The van der Waals surface area contributed by atoms with E-state index in [1.54, 1.807) is 0 Å². The third-order valence-electron chi connectivity index (χ3n) is 7.16. The highest BCUT2D eigenvalue weighted by Crippen LogP contribution is 2.47. The quantitative estimate of drug-likeness (QED) is 0.869. The van der Waals surface area contributed by atoms with Crippen LogP contribution in [-0.4, -0.2) is 35.0 Å². The number of aryl methyl sites for hydroxylation is 1. The highest BCUT2D eigenvalue weighted by Gasteiger charge is 2.47. The van der Waals surface area contributed by atoms with Crippen molar-refractivity contribution >= 4 is 16.7 Å². The maximum absolute atomic E-state index is 12.6. The molecule has 28 heavy (non-hydrogen) atoms. The van der Waals surface area contributed by atoms with Gasteiger partial charge in [0.15, 0.2) is 0 Å². The van der Waals surface area contributed by atoms with Gasteiger partial charge in [0.25, 0.3) is 5.56 Å². The molecule has 5 nitrogen and oxygen atoms in total. The minimum absolute atomic E-state index is 0.00352. The third-order valence-corrected chi connectivity index (χ3v) is 7.16. The molecule has 2 fully saturated rings. The van der Waals surface area contributed by atoms with Crippen LogP contribution in [0.25, 0.3) is 10.8 Å². The molecule has 5 heteroatoms. The molecular formula is C23H28N2O3. The Balaban J connectivity index is 1.33. The lowest BCUT2D eigenvalue weighted by molar-refractivity contribution is -0.138. The summed E-state index contributed by atoms with van der Waals surface area (Å²) in [6.07, 6.45) is 4.92. The first kappa shape index (κ1) is 17.9. The average Bonchev–Trinajstić information content (AvgIpc) is 3.46. The van der Waals surface area contributed by atoms with Crippen molar-refractivity contribution < 1.29 is 9.53 Å². The zero-order valence-corrected chi connectivity index (χ0v) is 16.7. The van der Waals surface area contributed by atoms with Crippen LogP contribution < -0.4 is 5.56 Å². The van der Waals surface area contributed by atoms with Gasteiger partial charge in [-0.1, -0.05) is 19.1 Å². The van der Waals surface area contributed by atoms with Gasteiger partial charge in [0.2, 0.25) is 5.91 Å². The second-order valence-corrected chi connectivity index (χ2v) is 9.15. The van der Waals surface area contributed by atoms with E-state index in [1.165, 1.54) is 0 Å². The smallest absolute Gasteiger partial charge is 0.256 e. The van der Waals surface area contributed by atoms with Crippen molar-refractivity contribution in [2.24, 2.45) is 11.3 Å². The molecule has 3 heterocycles. The molecule has 3 aliphatic rings. The molecule has 0 radical (unpaired) electrons. The molecule has 1 saturated carbocycles. The number of ether oxygens (including phenoxy) is 1. The first-order chi connectivity index (χ1) is 13.5. The van der Waals surface area contributed by atoms with E-state index in [4.69, 9.17) is 4.74 Å². The molecule has 1 unspecified atom stereocenters. The van der Waals surface area contributed by atoms with Crippen molar-refractivity contribution in [1.82, 2.24) is 9.88 Å². The summed E-state index contributed by atoms with van der Waals surface area (Å²) in [5.41, 5.74) is 3.22. The fraction of sp³-hybridized carbons (Fsp3) is 0.565. The number of amides is 1. The van der Waals surface area contributed by atoms with Crippen LogP contribution in [0.15, 0.2) is 23.0 Å². The van der Waals surface area contributed by atoms with Crippen molar-refractivity contribution in [2.45, 2.75) is 58.7 Å². The SMILES string of the molecule is Cc1cccc2c(=O)[nH]c3c(c12)COC(C1CCN(C(=O)C2(C)CC2)CC1)C3. The van der Waals surface area contributed by atoms with Gasteiger partial charge in [0, 0.05) is 41.6 Å². The van der Waals surface area contributed by atoms with Gasteiger partial charge in [0.05, 0.1) is 12.7 Å². The molecule has 1 saturated heterocycles. The number of piperidine rings is 1. The van der Waals surface area contributed by atoms with Crippen molar-refractivity contribution in [2.75, 3.05) is 13.1 Å². The summed E-state index contributed by atoms with van der Waals surface area (Å²) in [4.78, 5) is 30.3. The molecule has 1 N–H and O–H groups in total. The Morgan fingerprint density at radius 1 is 1.25 bits per heavy atom. The van der Waals surface area contributed by atoms with Crippen molar-refractivity contribution in [3.05, 3.63) is 45.4 Å². The number of carbonyl (C=O) groups is 1. The Labute approximate surface area is 165 Å². The zero-order valence-electron chi connectivity index (χ0n) is 16.7. The van der Waals surface area contributed by atoms with E-state index in [0.29, 0.717) is 18.4 Å². The Morgan fingerprint density at radius 3 is 2.71 bits per heavy atom. The number of nitrogens with one attached hydrogen (secondary N) is 1. The Hall–Kier alpha value is -2.14. The summed E-state index contributed by atoms with van der Waals surface area (Å²) in [6, 6.07) is 5.88. The van der Waals surface area contributed by atoms with E-state index in [2.05, 4.69) is 29.8 Å². The van der Waals surface area contributed by atoms with E-state index >= 15 is 0 Å². The molecule has 148 valence electrons. The molecule has 1 amide bonds. The van der Waals surface area contributed by atoms with Crippen LogP contribution in [0.4, 0.5) is 0 Å². The lowest BCUT2D eigenvalue weighted by Gasteiger charge is -2.38. The van der Waals surface area contributed by atoms with Crippen LogP contribution in [0.2, 0.25) is 0 Å². The van der Waals surface area contributed by atoms with Crippen LogP contribution in [-0.2, 0) is 22.6 Å². The number of benzene rings is 1. The van der Waals surface area contributed by atoms with Gasteiger partial charge in [-0.3, -0.25) is 9.59 Å². The minimum Gasteiger partial charge on any atom is -0.373 e. The lowest BCUT2D eigenvalue weighted by atomic mass is 9.85. The number of nitrogens with zero attached hydrogens (tertiary/aromatic N) is 1. The van der Waals surface area contributed by atoms with Gasteiger partial charge in [-0.2, -0.15) is 0 Å². The molecule has 1 aromatic heterocycles. The van der Waals surface area contributed by atoms with Crippen LogP contribution in [0.5, 0.6) is 0 Å². The number of H-pyrrole nitrogens is 1. The Bertz CT molecular complexity index is 997. The molecule has 0 spiro atoms. The van der Waals surface area contributed by atoms with Gasteiger partial charge in [-0.05, 0) is 55.5 Å². The number of aromatic nitrogens is 1. The van der Waals surface area contributed by atoms with Crippen LogP contribution in [0.1, 0.15) is 49.4 Å². The number of hydrogen-bond acceptors (Lipinski definition) is 3. The molecule has 1 aromatic carbocycles. The Morgan fingerprint density at radius 2 is 2.00 bits per heavy atom. The lowest BCUT2D eigenvalue weighted by Crippen LogP contribution is -2.45. The summed E-state index contributed by atoms with van der Waals surface area (Å²) in [5.74, 6) is 0.785. The van der Waals surface area contributed by atoms with Crippen molar-refractivity contribution in [1.29, 1.82) is 0 Å². The van der Waals surface area contributed by atoms with E-state index in [1.807, 2.05) is 12.1 Å². The molecule has 2 aliphatic heterocycles. The van der Waals surface area contributed by atoms with Crippen molar-refractivity contribution in [3.8, 4) is 0 Å². The maximum atomic E-state index is 12.6. The fourth-order valence-corrected chi connectivity index (χ4v) is 5.03. The predicted molar refractivity (Wildman–Crippen MR) is 108 cm³/mol. The van der Waals surface area contributed by atoms with Crippen molar-refractivity contribution in [3.63, 3.8) is 0 Å². The summed E-state index contributed by atoms with van der Waals surface area (Å²) in [7, 11) is 0. The minimum atomic E-state index is -0.0779. The van der Waals surface area contributed by atoms with E-state index < -0.39 is 0 Å². The molecule has 5 rings (SSSR count). The van der Waals surface area contributed by atoms with Crippen LogP contribution in [0.3, 0.4) is 0 Å². The predicted octanol–water partition coefficient (Wildman–Crippen LogP) is 3.32. The molecule has 0 bridgehead atoms. The number of likely N-dealkylation sites (tertiary alicyclic amines) is 1. The van der Waals surface area contributed by atoms with Gasteiger partial charge < -0.3 is 14.6 Å². The number of aromatic amines is 1. The zero-order chi connectivity index (χ0) is 19.5. The topological polar surface area (TPSA) is 62.4 Å². The number of pyridine rings is 1. The maximum Gasteiger partial charge on any atom is 0.256 e. The summed E-state index contributed by atoms with van der Waals surface area (Å²) in [5, 5.41) is 1.80. The summed E-state index contributed by atoms with van der Waals surface area (Å²) < 4.78 is 6.30. The highest BCUT2D eigenvalue weighted by molar-refractivity contribution is 5.88. The first-order valence-corrected chi connectivity index (χ1v) is 10.5. The second-order valence-electron chi connectivity index (χ2n) is 9.15. The normalized spacial score (nSPS) is 24.2. The molecule has 1 aliphatic carbocycles. The summed E-state index contributed by atoms with van der Waals surface area (Å²) >= 11 is 0. The number of rotatable bonds is 2. The van der Waals surface area contributed by atoms with Crippen LogP contribution >= 0.6 is 0 Å². The summed E-state index contributed by atoms with van der Waals surface area (Å²) in [6.45, 7) is 6.36. The van der Waals surface area contributed by atoms with Gasteiger partial charge in [0.1, 0.15) is 0 Å². The van der Waals surface area contributed by atoms with Gasteiger partial charge >= 0.3 is 0 Å². The van der Waals surface area contributed by atoms with Gasteiger partial charge in [-0.25, -0.2) is 0 Å². The number of hydrogen-bond donors (Lipinski definition) is 1. The molecule has 2 aromatic rings. The second kappa shape index (κ2) is 6.45. The standard InChI is InChI=1S/C23H28N2O3/c1-14-4-3-5-16-20(14)17-13-28-19(12-18(17)24-21(16)26)15-6-10-25(11-7-15)22(27)23(2)8-9-23/h3-5,15,19H,6-13H2,1-2H3,(H,24,26). The van der Waals surface area contributed by atoms with E-state index in [9.17, 15) is 9.59 Å². The number of carbonyl (C=O) groups excluding carboxylic acids is 1. The monoisotopic (exact) mass is 380 g/mol. The Kier molecular flexibility index (Phi) is 4.13. The third kappa shape index (κ3) is 2.87. The van der Waals surface area contributed by atoms with Crippen LogP contribution in [0, 0.1) is 18.3 Å².